The minimum Gasteiger partial charge on any atom is -0.331 e. The number of hydrogen-bond donors (Lipinski definition) is 0. The number of halogens is 1. The maximum atomic E-state index is 13.2. The zero-order chi connectivity index (χ0) is 18.5. The van der Waals surface area contributed by atoms with E-state index in [-0.39, 0.29) is 5.91 Å². The Hall–Kier alpha value is -2.72. The number of carbonyl (C=O) groups excluding carboxylic acids is 1. The summed E-state index contributed by atoms with van der Waals surface area (Å²) in [6.07, 6.45) is 3.44. The van der Waals surface area contributed by atoms with Crippen LogP contribution in [0, 0.1) is 0 Å². The topological polar surface area (TPSA) is 33.2 Å². The second kappa shape index (κ2) is 8.11. The molecule has 0 saturated carbocycles. The highest BCUT2D eigenvalue weighted by Crippen LogP contribution is 2.27. The van der Waals surface area contributed by atoms with E-state index in [1.54, 1.807) is 17.1 Å². The van der Waals surface area contributed by atoms with Crippen LogP contribution in [0.3, 0.4) is 0 Å². The van der Waals surface area contributed by atoms with Crippen LogP contribution < -0.4 is 0 Å². The molecular weight excluding hydrogens is 388 g/mol. The molecule has 130 valence electrons. The number of nitrogens with zero attached hydrogens (tertiary/aromatic N) is 2. The standard InChI is InChI=1S/C22H19BrN2O/c1-3-12-25(13-4-2)22(26)19-15-21(16-8-7-9-17(23)14-16)24-20-11-6-5-10-18(19)20/h3-11,14-15H,1-2,12-13H2. The quantitative estimate of drug-likeness (QED) is 0.507. The maximum absolute atomic E-state index is 13.2. The van der Waals surface area contributed by atoms with Crippen molar-refractivity contribution in [2.45, 2.75) is 0 Å². The highest BCUT2D eigenvalue weighted by Gasteiger charge is 2.18. The monoisotopic (exact) mass is 406 g/mol. The molecule has 0 N–H and O–H groups in total. The SMILES string of the molecule is C=CCN(CC=C)C(=O)c1cc(-c2cccc(Br)c2)nc2ccccc12. The Morgan fingerprint density at radius 3 is 2.46 bits per heavy atom. The van der Waals surface area contributed by atoms with Gasteiger partial charge in [-0.15, -0.1) is 13.2 Å². The van der Waals surface area contributed by atoms with Crippen LogP contribution in [0.15, 0.2) is 84.4 Å². The lowest BCUT2D eigenvalue weighted by Crippen LogP contribution is -2.31. The van der Waals surface area contributed by atoms with Gasteiger partial charge in [-0.05, 0) is 24.3 Å². The molecule has 1 aromatic heterocycles. The number of para-hydroxylation sites is 1. The minimum atomic E-state index is -0.0559. The number of fused-ring (bicyclic) bond motifs is 1. The largest absolute Gasteiger partial charge is 0.331 e. The minimum absolute atomic E-state index is 0.0559. The Bertz CT molecular complexity index is 971. The van der Waals surface area contributed by atoms with Crippen LogP contribution in [0.5, 0.6) is 0 Å². The van der Waals surface area contributed by atoms with Crippen molar-refractivity contribution in [1.82, 2.24) is 9.88 Å². The summed E-state index contributed by atoms with van der Waals surface area (Å²) < 4.78 is 0.970. The van der Waals surface area contributed by atoms with Gasteiger partial charge in [-0.2, -0.15) is 0 Å². The van der Waals surface area contributed by atoms with Gasteiger partial charge >= 0.3 is 0 Å². The van der Waals surface area contributed by atoms with Crippen LogP contribution in [0.2, 0.25) is 0 Å². The fourth-order valence-corrected chi connectivity index (χ4v) is 3.27. The fourth-order valence-electron chi connectivity index (χ4n) is 2.87. The molecule has 1 heterocycles. The van der Waals surface area contributed by atoms with E-state index in [2.05, 4.69) is 29.1 Å². The molecule has 0 fully saturated rings. The van der Waals surface area contributed by atoms with Crippen LogP contribution >= 0.6 is 15.9 Å². The predicted octanol–water partition coefficient (Wildman–Crippen LogP) is 5.48. The van der Waals surface area contributed by atoms with Crippen molar-refractivity contribution in [2.24, 2.45) is 0 Å². The molecule has 0 aliphatic carbocycles. The van der Waals surface area contributed by atoms with Gasteiger partial charge in [0.2, 0.25) is 0 Å². The molecule has 0 aliphatic heterocycles. The molecule has 0 atom stereocenters. The summed E-state index contributed by atoms with van der Waals surface area (Å²) in [6.45, 7) is 8.43. The van der Waals surface area contributed by atoms with Gasteiger partial charge < -0.3 is 4.90 Å². The van der Waals surface area contributed by atoms with Crippen LogP contribution in [-0.4, -0.2) is 28.9 Å². The number of rotatable bonds is 6. The Labute approximate surface area is 161 Å². The highest BCUT2D eigenvalue weighted by atomic mass is 79.9. The van der Waals surface area contributed by atoms with Gasteiger partial charge in [-0.1, -0.05) is 58.4 Å². The van der Waals surface area contributed by atoms with Crippen molar-refractivity contribution in [3.8, 4) is 11.3 Å². The van der Waals surface area contributed by atoms with Crippen molar-refractivity contribution in [2.75, 3.05) is 13.1 Å². The summed E-state index contributed by atoms with van der Waals surface area (Å²) in [6, 6.07) is 17.5. The molecule has 0 unspecified atom stereocenters. The van der Waals surface area contributed by atoms with Gasteiger partial charge in [0.15, 0.2) is 0 Å². The molecule has 0 spiro atoms. The molecule has 0 radical (unpaired) electrons. The zero-order valence-electron chi connectivity index (χ0n) is 14.4. The Balaban J connectivity index is 2.18. The second-order valence-corrected chi connectivity index (χ2v) is 6.79. The third-order valence-electron chi connectivity index (χ3n) is 4.05. The summed E-state index contributed by atoms with van der Waals surface area (Å²) in [5, 5.41) is 0.842. The van der Waals surface area contributed by atoms with E-state index in [1.807, 2.05) is 54.6 Å². The molecule has 1 amide bonds. The molecule has 0 bridgehead atoms. The van der Waals surface area contributed by atoms with Crippen LogP contribution in [0.25, 0.3) is 22.2 Å². The van der Waals surface area contributed by atoms with Gasteiger partial charge in [0, 0.05) is 28.5 Å². The first-order chi connectivity index (χ1) is 12.6. The van der Waals surface area contributed by atoms with Crippen molar-refractivity contribution >= 4 is 32.7 Å². The Kier molecular flexibility index (Phi) is 5.64. The average Bonchev–Trinajstić information content (AvgIpc) is 2.66. The average molecular weight is 407 g/mol. The smallest absolute Gasteiger partial charge is 0.255 e. The first-order valence-electron chi connectivity index (χ1n) is 8.31. The Morgan fingerprint density at radius 2 is 1.77 bits per heavy atom. The third-order valence-corrected chi connectivity index (χ3v) is 4.55. The van der Waals surface area contributed by atoms with Gasteiger partial charge in [0.1, 0.15) is 0 Å². The molecule has 3 rings (SSSR count). The van der Waals surface area contributed by atoms with E-state index in [0.717, 1.165) is 26.6 Å². The van der Waals surface area contributed by atoms with Crippen molar-refractivity contribution in [3.63, 3.8) is 0 Å². The van der Waals surface area contributed by atoms with E-state index in [4.69, 9.17) is 4.98 Å². The maximum Gasteiger partial charge on any atom is 0.255 e. The number of hydrogen-bond acceptors (Lipinski definition) is 2. The van der Waals surface area contributed by atoms with Crippen molar-refractivity contribution in [3.05, 3.63) is 89.9 Å². The fraction of sp³-hybridized carbons (Fsp3) is 0.0909. The summed E-state index contributed by atoms with van der Waals surface area (Å²) >= 11 is 3.50. The zero-order valence-corrected chi connectivity index (χ0v) is 15.9. The molecule has 2 aromatic carbocycles. The molecule has 26 heavy (non-hydrogen) atoms. The summed E-state index contributed by atoms with van der Waals surface area (Å²) in [4.78, 5) is 19.6. The number of carbonyl (C=O) groups is 1. The molecule has 3 aromatic rings. The van der Waals surface area contributed by atoms with Crippen molar-refractivity contribution in [1.29, 1.82) is 0 Å². The van der Waals surface area contributed by atoms with Gasteiger partial charge in [0.25, 0.3) is 5.91 Å². The predicted molar refractivity (Wildman–Crippen MR) is 111 cm³/mol. The van der Waals surface area contributed by atoms with Gasteiger partial charge in [0.05, 0.1) is 16.8 Å². The highest BCUT2D eigenvalue weighted by molar-refractivity contribution is 9.10. The van der Waals surface area contributed by atoms with E-state index in [9.17, 15) is 4.79 Å². The lowest BCUT2D eigenvalue weighted by Gasteiger charge is -2.20. The number of amides is 1. The van der Waals surface area contributed by atoms with Crippen LogP contribution in [0.1, 0.15) is 10.4 Å². The van der Waals surface area contributed by atoms with E-state index < -0.39 is 0 Å². The van der Waals surface area contributed by atoms with Crippen molar-refractivity contribution < 1.29 is 4.79 Å². The summed E-state index contributed by atoms with van der Waals surface area (Å²) in [7, 11) is 0. The first kappa shape index (κ1) is 18.1. The van der Waals surface area contributed by atoms with E-state index >= 15 is 0 Å². The van der Waals surface area contributed by atoms with Gasteiger partial charge in [-0.25, -0.2) is 4.98 Å². The summed E-state index contributed by atoms with van der Waals surface area (Å²) in [5.41, 5.74) is 3.16. The lowest BCUT2D eigenvalue weighted by atomic mass is 10.0. The third kappa shape index (κ3) is 3.75. The Morgan fingerprint density at radius 1 is 1.04 bits per heavy atom. The molecule has 4 heteroatoms. The second-order valence-electron chi connectivity index (χ2n) is 5.87. The van der Waals surface area contributed by atoms with Gasteiger partial charge in [-0.3, -0.25) is 4.79 Å². The number of pyridine rings is 1. The normalized spacial score (nSPS) is 10.5. The van der Waals surface area contributed by atoms with E-state index in [1.165, 1.54) is 0 Å². The van der Waals surface area contributed by atoms with E-state index in [0.29, 0.717) is 18.7 Å². The molecule has 3 nitrogen and oxygen atoms in total. The number of benzene rings is 2. The number of aromatic nitrogens is 1. The first-order valence-corrected chi connectivity index (χ1v) is 9.10. The lowest BCUT2D eigenvalue weighted by molar-refractivity contribution is 0.0793. The van der Waals surface area contributed by atoms with Crippen LogP contribution in [0.4, 0.5) is 0 Å². The van der Waals surface area contributed by atoms with Crippen LogP contribution in [-0.2, 0) is 0 Å². The molecular formula is C22H19BrN2O. The summed E-state index contributed by atoms with van der Waals surface area (Å²) in [5.74, 6) is -0.0559. The molecule has 0 saturated heterocycles. The molecule has 0 aliphatic rings.